The van der Waals surface area contributed by atoms with Crippen molar-refractivity contribution in [3.05, 3.63) is 68.9 Å². The van der Waals surface area contributed by atoms with Gasteiger partial charge in [0.25, 0.3) is 5.91 Å². The summed E-state index contributed by atoms with van der Waals surface area (Å²) >= 11 is 18.0. The maximum Gasteiger partial charge on any atom is 0.259 e. The van der Waals surface area contributed by atoms with Crippen molar-refractivity contribution in [1.29, 1.82) is 0 Å². The van der Waals surface area contributed by atoms with Crippen LogP contribution in [0, 0.1) is 0 Å². The van der Waals surface area contributed by atoms with Gasteiger partial charge in [0.2, 0.25) is 16.0 Å². The van der Waals surface area contributed by atoms with Crippen molar-refractivity contribution < 1.29 is 13.2 Å². The number of benzene rings is 2. The van der Waals surface area contributed by atoms with Gasteiger partial charge >= 0.3 is 0 Å². The first kappa shape index (κ1) is 22.5. The van der Waals surface area contributed by atoms with Gasteiger partial charge in [0.1, 0.15) is 11.2 Å². The third kappa shape index (κ3) is 4.93. The quantitative estimate of drug-likeness (QED) is 0.569. The molecule has 158 valence electrons. The molecular weight excluding hydrogens is 473 g/mol. The lowest BCUT2D eigenvalue weighted by molar-refractivity contribution is 0.102. The Labute approximate surface area is 188 Å². The molecule has 0 bridgehead atoms. The Morgan fingerprint density at radius 2 is 1.77 bits per heavy atom. The molecule has 2 aromatic carbocycles. The molecule has 3 aromatic rings. The Morgan fingerprint density at radius 3 is 2.40 bits per heavy atom. The highest BCUT2D eigenvalue weighted by atomic mass is 35.5. The largest absolute Gasteiger partial charge is 0.289 e. The predicted molar refractivity (Wildman–Crippen MR) is 116 cm³/mol. The van der Waals surface area contributed by atoms with Gasteiger partial charge in [0, 0.05) is 19.1 Å². The minimum atomic E-state index is -3.87. The van der Waals surface area contributed by atoms with E-state index in [0.717, 1.165) is 15.9 Å². The normalized spacial score (nSPS) is 11.7. The van der Waals surface area contributed by atoms with Gasteiger partial charge in [0.05, 0.1) is 22.2 Å². The molecule has 0 unspecified atom stereocenters. The lowest BCUT2D eigenvalue weighted by atomic mass is 10.2. The molecule has 0 fully saturated rings. The van der Waals surface area contributed by atoms with E-state index < -0.39 is 15.9 Å². The molecule has 1 heterocycles. The first-order chi connectivity index (χ1) is 14.1. The van der Waals surface area contributed by atoms with Crippen molar-refractivity contribution in [2.24, 2.45) is 0 Å². The minimum absolute atomic E-state index is 0.00389. The number of halogens is 3. The number of nitrogens with zero attached hydrogens (tertiary/aromatic N) is 4. The zero-order chi connectivity index (χ0) is 22.1. The second-order valence-electron chi connectivity index (χ2n) is 6.40. The predicted octanol–water partition coefficient (Wildman–Crippen LogP) is 3.79. The van der Waals surface area contributed by atoms with Crippen LogP contribution in [-0.2, 0) is 16.6 Å². The number of sulfonamides is 1. The summed E-state index contributed by atoms with van der Waals surface area (Å²) in [6, 6.07) is 9.56. The molecule has 0 saturated carbocycles. The third-order valence-corrected chi connectivity index (χ3v) is 6.89. The fourth-order valence-corrected chi connectivity index (χ4v) is 4.32. The Bertz CT molecular complexity index is 1190. The molecule has 8 nitrogen and oxygen atoms in total. The third-order valence-electron chi connectivity index (χ3n) is 4.04. The molecule has 1 aromatic heterocycles. The lowest BCUT2D eigenvalue weighted by Gasteiger charge is -2.14. The van der Waals surface area contributed by atoms with Crippen LogP contribution in [0.5, 0.6) is 0 Å². The van der Waals surface area contributed by atoms with Crippen LogP contribution >= 0.6 is 34.8 Å². The van der Waals surface area contributed by atoms with Crippen LogP contribution < -0.4 is 5.32 Å². The van der Waals surface area contributed by atoms with E-state index in [1.54, 1.807) is 12.1 Å². The number of hydrogen-bond acceptors (Lipinski definition) is 5. The number of anilines is 1. The molecule has 0 aliphatic heterocycles. The van der Waals surface area contributed by atoms with Crippen molar-refractivity contribution in [2.45, 2.75) is 11.4 Å². The monoisotopic (exact) mass is 487 g/mol. The summed E-state index contributed by atoms with van der Waals surface area (Å²) in [6.07, 6.45) is 1.45. The van der Waals surface area contributed by atoms with Crippen LogP contribution in [0.4, 0.5) is 5.95 Å². The summed E-state index contributed by atoms with van der Waals surface area (Å²) in [6.45, 7) is 0.424. The molecule has 0 spiro atoms. The van der Waals surface area contributed by atoms with E-state index in [9.17, 15) is 13.2 Å². The Balaban J connectivity index is 1.81. The summed E-state index contributed by atoms with van der Waals surface area (Å²) < 4.78 is 27.4. The highest BCUT2D eigenvalue weighted by Gasteiger charge is 2.25. The van der Waals surface area contributed by atoms with Gasteiger partial charge in [-0.15, -0.1) is 5.10 Å². The number of aromatic nitrogens is 3. The van der Waals surface area contributed by atoms with Crippen molar-refractivity contribution in [3.63, 3.8) is 0 Å². The molecular formula is C18H16Cl3N5O3S. The molecule has 3 rings (SSSR count). The first-order valence-corrected chi connectivity index (χ1v) is 11.0. The number of rotatable bonds is 6. The Hall–Kier alpha value is -2.17. The van der Waals surface area contributed by atoms with Gasteiger partial charge < -0.3 is 0 Å². The second-order valence-corrected chi connectivity index (χ2v) is 9.77. The summed E-state index contributed by atoms with van der Waals surface area (Å²) in [4.78, 5) is 16.5. The van der Waals surface area contributed by atoms with E-state index in [1.165, 1.54) is 31.2 Å². The smallest absolute Gasteiger partial charge is 0.259 e. The van der Waals surface area contributed by atoms with Crippen LogP contribution in [0.15, 0.2) is 47.6 Å². The number of hydrogen-bond donors (Lipinski definition) is 1. The van der Waals surface area contributed by atoms with E-state index in [2.05, 4.69) is 15.4 Å². The molecule has 30 heavy (non-hydrogen) atoms. The van der Waals surface area contributed by atoms with Crippen LogP contribution in [0.2, 0.25) is 15.1 Å². The highest BCUT2D eigenvalue weighted by molar-refractivity contribution is 7.89. The lowest BCUT2D eigenvalue weighted by Crippen LogP contribution is -2.23. The minimum Gasteiger partial charge on any atom is -0.289 e. The molecule has 0 aliphatic carbocycles. The Morgan fingerprint density at radius 1 is 1.10 bits per heavy atom. The van der Waals surface area contributed by atoms with Crippen molar-refractivity contribution in [3.8, 4) is 0 Å². The molecule has 0 radical (unpaired) electrons. The average molecular weight is 489 g/mol. The molecule has 1 amide bonds. The van der Waals surface area contributed by atoms with E-state index in [1.807, 2.05) is 12.1 Å². The van der Waals surface area contributed by atoms with Crippen LogP contribution in [0.1, 0.15) is 15.9 Å². The standard InChI is InChI=1S/C18H16Cl3N5O3S/c1-25(2)30(28,29)16-7-13(14(20)8-15(16)21)17(27)23-18-22-10-26(24-18)9-11-3-5-12(19)6-4-11/h3-8,10H,9H2,1-2H3,(H,23,24,27). The zero-order valence-electron chi connectivity index (χ0n) is 15.8. The van der Waals surface area contributed by atoms with Crippen molar-refractivity contribution in [1.82, 2.24) is 19.1 Å². The van der Waals surface area contributed by atoms with Gasteiger partial charge in [-0.05, 0) is 29.8 Å². The zero-order valence-corrected chi connectivity index (χ0v) is 18.9. The maximum atomic E-state index is 12.6. The number of nitrogens with one attached hydrogen (secondary N) is 1. The van der Waals surface area contributed by atoms with E-state index >= 15 is 0 Å². The number of carbonyl (C=O) groups is 1. The van der Waals surface area contributed by atoms with Crippen LogP contribution in [0.3, 0.4) is 0 Å². The average Bonchev–Trinajstić information content (AvgIpc) is 3.10. The summed E-state index contributed by atoms with van der Waals surface area (Å²) in [7, 11) is -1.15. The SMILES string of the molecule is CN(C)S(=O)(=O)c1cc(C(=O)Nc2ncn(Cc3ccc(Cl)cc3)n2)c(Cl)cc1Cl. The summed E-state index contributed by atoms with van der Waals surface area (Å²) in [5.74, 6) is -0.631. The van der Waals surface area contributed by atoms with E-state index in [0.29, 0.717) is 11.6 Å². The maximum absolute atomic E-state index is 12.6. The van der Waals surface area contributed by atoms with Gasteiger partial charge in [-0.2, -0.15) is 0 Å². The van der Waals surface area contributed by atoms with Crippen LogP contribution in [-0.4, -0.2) is 47.5 Å². The van der Waals surface area contributed by atoms with Gasteiger partial charge in [0.15, 0.2) is 0 Å². The fourth-order valence-electron chi connectivity index (χ4n) is 2.47. The van der Waals surface area contributed by atoms with E-state index in [-0.39, 0.29) is 26.5 Å². The molecule has 12 heteroatoms. The number of carbonyl (C=O) groups excluding carboxylic acids is 1. The Kier molecular flexibility index (Phi) is 6.68. The topological polar surface area (TPSA) is 97.2 Å². The fraction of sp³-hybridized carbons (Fsp3) is 0.167. The summed E-state index contributed by atoms with van der Waals surface area (Å²) in [5, 5.41) is 7.22. The van der Waals surface area contributed by atoms with Crippen molar-refractivity contribution in [2.75, 3.05) is 19.4 Å². The highest BCUT2D eigenvalue weighted by Crippen LogP contribution is 2.30. The summed E-state index contributed by atoms with van der Waals surface area (Å²) in [5.41, 5.74) is 0.872. The second kappa shape index (κ2) is 8.91. The number of amides is 1. The van der Waals surface area contributed by atoms with Crippen molar-refractivity contribution >= 4 is 56.7 Å². The van der Waals surface area contributed by atoms with Gasteiger partial charge in [-0.1, -0.05) is 46.9 Å². The molecule has 0 aliphatic rings. The van der Waals surface area contributed by atoms with E-state index in [4.69, 9.17) is 34.8 Å². The van der Waals surface area contributed by atoms with Gasteiger partial charge in [-0.25, -0.2) is 22.4 Å². The molecule has 0 saturated heterocycles. The van der Waals surface area contributed by atoms with Gasteiger partial charge in [-0.3, -0.25) is 10.1 Å². The first-order valence-electron chi connectivity index (χ1n) is 8.44. The molecule has 0 atom stereocenters. The molecule has 1 N–H and O–H groups in total. The van der Waals surface area contributed by atoms with Crippen LogP contribution in [0.25, 0.3) is 0 Å².